The van der Waals surface area contributed by atoms with Gasteiger partial charge in [0.2, 0.25) is 0 Å². The van der Waals surface area contributed by atoms with Gasteiger partial charge in [-0.2, -0.15) is 0 Å². The molecule has 0 bridgehead atoms. The highest BCUT2D eigenvalue weighted by atomic mass is 32.1. The molecule has 0 aliphatic rings. The van der Waals surface area contributed by atoms with Crippen LogP contribution in [0.25, 0.3) is 0 Å². The van der Waals surface area contributed by atoms with Crippen LogP contribution in [0.3, 0.4) is 0 Å². The van der Waals surface area contributed by atoms with Gasteiger partial charge in [0, 0.05) is 30.2 Å². The van der Waals surface area contributed by atoms with Crippen molar-refractivity contribution in [1.29, 1.82) is 0 Å². The molecule has 108 valence electrons. The fourth-order valence-electron chi connectivity index (χ4n) is 2.50. The molecule has 20 heavy (non-hydrogen) atoms. The molecule has 0 aliphatic carbocycles. The minimum absolute atomic E-state index is 0.219. The van der Waals surface area contributed by atoms with Crippen LogP contribution >= 0.6 is 11.3 Å². The van der Waals surface area contributed by atoms with Gasteiger partial charge in [0.15, 0.2) is 0 Å². The Hall–Kier alpha value is -1.32. The van der Waals surface area contributed by atoms with Crippen LogP contribution in [0.2, 0.25) is 0 Å². The number of anilines is 1. The number of hydrogen-bond donors (Lipinski definition) is 1. The smallest absolute Gasteiger partial charge is 0.0393 e. The molecule has 2 nitrogen and oxygen atoms in total. The van der Waals surface area contributed by atoms with E-state index in [0.717, 1.165) is 19.4 Å². The standard InChI is InChI=1S/C17H24N2S/c1-13-11-15(12-14(2)18)6-7-17(13)19(3)9-8-16-5-4-10-20-16/h4-7,10-11,14H,8-9,12,18H2,1-3H3. The van der Waals surface area contributed by atoms with Crippen molar-refractivity contribution in [2.24, 2.45) is 5.73 Å². The Labute approximate surface area is 126 Å². The normalized spacial score (nSPS) is 12.4. The quantitative estimate of drug-likeness (QED) is 0.879. The van der Waals surface area contributed by atoms with Crippen molar-refractivity contribution < 1.29 is 0 Å². The minimum atomic E-state index is 0.219. The topological polar surface area (TPSA) is 29.3 Å². The molecular weight excluding hydrogens is 264 g/mol. The molecule has 0 amide bonds. The maximum absolute atomic E-state index is 5.86. The number of benzene rings is 1. The number of nitrogens with two attached hydrogens (primary N) is 1. The van der Waals surface area contributed by atoms with Gasteiger partial charge in [-0.15, -0.1) is 11.3 Å². The van der Waals surface area contributed by atoms with Crippen LogP contribution in [0.5, 0.6) is 0 Å². The zero-order valence-corrected chi connectivity index (χ0v) is 13.4. The Kier molecular flexibility index (Phi) is 5.21. The number of rotatable bonds is 6. The average Bonchev–Trinajstić information content (AvgIpc) is 2.88. The number of hydrogen-bond acceptors (Lipinski definition) is 3. The van der Waals surface area contributed by atoms with Crippen LogP contribution in [0.1, 0.15) is 22.9 Å². The second kappa shape index (κ2) is 6.91. The predicted octanol–water partition coefficient (Wildman–Crippen LogP) is 3.63. The molecule has 1 atom stereocenters. The van der Waals surface area contributed by atoms with Crippen LogP contribution in [0.4, 0.5) is 5.69 Å². The van der Waals surface area contributed by atoms with E-state index in [2.05, 4.69) is 61.5 Å². The van der Waals surface area contributed by atoms with E-state index in [-0.39, 0.29) is 6.04 Å². The van der Waals surface area contributed by atoms with E-state index in [4.69, 9.17) is 5.73 Å². The van der Waals surface area contributed by atoms with E-state index in [9.17, 15) is 0 Å². The third kappa shape index (κ3) is 4.09. The van der Waals surface area contributed by atoms with Crippen molar-refractivity contribution in [3.63, 3.8) is 0 Å². The zero-order valence-electron chi connectivity index (χ0n) is 12.6. The Bertz CT molecular complexity index is 532. The largest absolute Gasteiger partial charge is 0.374 e. The molecular formula is C17H24N2S. The fraction of sp³-hybridized carbons (Fsp3) is 0.412. The summed E-state index contributed by atoms with van der Waals surface area (Å²) in [6, 6.07) is 11.2. The molecule has 3 heteroatoms. The molecule has 0 saturated heterocycles. The first-order chi connectivity index (χ1) is 9.56. The van der Waals surface area contributed by atoms with Gasteiger partial charge in [-0.05, 0) is 55.3 Å². The van der Waals surface area contributed by atoms with Gasteiger partial charge < -0.3 is 10.6 Å². The lowest BCUT2D eigenvalue weighted by molar-refractivity contribution is 0.737. The van der Waals surface area contributed by atoms with E-state index in [0.29, 0.717) is 0 Å². The average molecular weight is 288 g/mol. The minimum Gasteiger partial charge on any atom is -0.374 e. The number of aryl methyl sites for hydroxylation is 1. The van der Waals surface area contributed by atoms with Crippen LogP contribution in [-0.4, -0.2) is 19.6 Å². The summed E-state index contributed by atoms with van der Waals surface area (Å²) in [5.74, 6) is 0. The maximum Gasteiger partial charge on any atom is 0.0393 e. The second-order valence-electron chi connectivity index (χ2n) is 5.55. The summed E-state index contributed by atoms with van der Waals surface area (Å²) < 4.78 is 0. The highest BCUT2D eigenvalue weighted by Crippen LogP contribution is 2.21. The first-order valence-electron chi connectivity index (χ1n) is 7.15. The molecule has 2 rings (SSSR count). The van der Waals surface area contributed by atoms with Gasteiger partial charge in [0.1, 0.15) is 0 Å². The van der Waals surface area contributed by atoms with Gasteiger partial charge in [0.25, 0.3) is 0 Å². The van der Waals surface area contributed by atoms with Gasteiger partial charge in [-0.3, -0.25) is 0 Å². The fourth-order valence-corrected chi connectivity index (χ4v) is 3.20. The number of thiophene rings is 1. The lowest BCUT2D eigenvalue weighted by Gasteiger charge is -2.22. The molecule has 0 aliphatic heterocycles. The molecule has 1 aromatic carbocycles. The summed E-state index contributed by atoms with van der Waals surface area (Å²) in [5, 5.41) is 2.14. The van der Waals surface area contributed by atoms with Crippen molar-refractivity contribution in [1.82, 2.24) is 0 Å². The van der Waals surface area contributed by atoms with Crippen molar-refractivity contribution in [2.75, 3.05) is 18.5 Å². The number of likely N-dealkylation sites (N-methyl/N-ethyl adjacent to an activating group) is 1. The van der Waals surface area contributed by atoms with E-state index >= 15 is 0 Å². The van der Waals surface area contributed by atoms with E-state index in [1.54, 1.807) is 0 Å². The summed E-state index contributed by atoms with van der Waals surface area (Å²) in [6.07, 6.45) is 2.05. The lowest BCUT2D eigenvalue weighted by Crippen LogP contribution is -2.21. The highest BCUT2D eigenvalue weighted by molar-refractivity contribution is 7.09. The highest BCUT2D eigenvalue weighted by Gasteiger charge is 2.07. The second-order valence-corrected chi connectivity index (χ2v) is 6.59. The molecule has 1 aromatic heterocycles. The molecule has 2 N–H and O–H groups in total. The molecule has 0 radical (unpaired) electrons. The van der Waals surface area contributed by atoms with Crippen LogP contribution < -0.4 is 10.6 Å². The van der Waals surface area contributed by atoms with Gasteiger partial charge in [-0.1, -0.05) is 18.2 Å². The summed E-state index contributed by atoms with van der Waals surface area (Å²) in [7, 11) is 2.17. The van der Waals surface area contributed by atoms with Gasteiger partial charge >= 0.3 is 0 Å². The number of nitrogens with zero attached hydrogens (tertiary/aromatic N) is 1. The van der Waals surface area contributed by atoms with Gasteiger partial charge in [0.05, 0.1) is 0 Å². The zero-order chi connectivity index (χ0) is 14.5. The third-order valence-corrected chi connectivity index (χ3v) is 4.44. The summed E-state index contributed by atoms with van der Waals surface area (Å²) >= 11 is 1.83. The molecule has 0 spiro atoms. The molecule has 2 aromatic rings. The Balaban J connectivity index is 2.00. The monoisotopic (exact) mass is 288 g/mol. The van der Waals surface area contributed by atoms with Crippen molar-refractivity contribution in [2.45, 2.75) is 32.7 Å². The lowest BCUT2D eigenvalue weighted by atomic mass is 10.0. The first kappa shape index (κ1) is 15.1. The Morgan fingerprint density at radius 2 is 2.10 bits per heavy atom. The van der Waals surface area contributed by atoms with Crippen molar-refractivity contribution >= 4 is 17.0 Å². The van der Waals surface area contributed by atoms with E-state index in [1.807, 2.05) is 11.3 Å². The summed E-state index contributed by atoms with van der Waals surface area (Å²) in [6.45, 7) is 5.28. The maximum atomic E-state index is 5.86. The van der Waals surface area contributed by atoms with Crippen LogP contribution in [-0.2, 0) is 12.8 Å². The Morgan fingerprint density at radius 1 is 1.30 bits per heavy atom. The van der Waals surface area contributed by atoms with Gasteiger partial charge in [-0.25, -0.2) is 0 Å². The summed E-state index contributed by atoms with van der Waals surface area (Å²) in [4.78, 5) is 3.79. The van der Waals surface area contributed by atoms with Crippen LogP contribution in [0.15, 0.2) is 35.7 Å². The van der Waals surface area contributed by atoms with Crippen LogP contribution in [0, 0.1) is 6.92 Å². The Morgan fingerprint density at radius 3 is 2.70 bits per heavy atom. The summed E-state index contributed by atoms with van der Waals surface area (Å²) in [5.41, 5.74) is 9.84. The first-order valence-corrected chi connectivity index (χ1v) is 8.03. The van der Waals surface area contributed by atoms with E-state index < -0.39 is 0 Å². The molecule has 1 heterocycles. The van der Waals surface area contributed by atoms with Crippen molar-refractivity contribution in [3.05, 3.63) is 51.7 Å². The third-order valence-electron chi connectivity index (χ3n) is 3.50. The van der Waals surface area contributed by atoms with Crippen molar-refractivity contribution in [3.8, 4) is 0 Å². The predicted molar refractivity (Wildman–Crippen MR) is 89.8 cm³/mol. The SMILES string of the molecule is Cc1cc(CC(C)N)ccc1N(C)CCc1cccs1. The molecule has 0 fully saturated rings. The van der Waals surface area contributed by atoms with E-state index in [1.165, 1.54) is 21.7 Å². The molecule has 1 unspecified atom stereocenters. The molecule has 0 saturated carbocycles.